The number of rotatable bonds is 5. The molecule has 6 aromatic heterocycles. The highest BCUT2D eigenvalue weighted by Crippen LogP contribution is 2.43. The van der Waals surface area contributed by atoms with E-state index in [-0.39, 0.29) is 5.41 Å². The molecule has 73 heavy (non-hydrogen) atoms. The van der Waals surface area contributed by atoms with Gasteiger partial charge in [-0.2, -0.15) is 0 Å². The Bertz CT molecular complexity index is 4810. The van der Waals surface area contributed by atoms with Crippen LogP contribution in [0.4, 0.5) is 0 Å². The zero-order chi connectivity index (χ0) is 48.5. The Kier molecular flexibility index (Phi) is 8.79. The first kappa shape index (κ1) is 41.3. The van der Waals surface area contributed by atoms with E-state index in [1.807, 2.05) is 12.3 Å². The van der Waals surface area contributed by atoms with Crippen molar-refractivity contribution in [3.8, 4) is 34.4 Å². The fraction of sp³-hybridized carbons (Fsp3) is 0.0606. The van der Waals surface area contributed by atoms with E-state index < -0.39 is 0 Å². The smallest absolute Gasteiger partial charge is 0.145 e. The van der Waals surface area contributed by atoms with Gasteiger partial charge in [0.15, 0.2) is 0 Å². The van der Waals surface area contributed by atoms with Crippen molar-refractivity contribution in [3.05, 3.63) is 230 Å². The lowest BCUT2D eigenvalue weighted by Gasteiger charge is -2.20. The van der Waals surface area contributed by atoms with Gasteiger partial charge in [-0.15, -0.1) is 0 Å². The highest BCUT2D eigenvalue weighted by molar-refractivity contribution is 6.24. The van der Waals surface area contributed by atoms with Crippen LogP contribution in [0.2, 0.25) is 0 Å². The number of aromatic nitrogens is 6. The topological polar surface area (TPSA) is 53.7 Å². The molecule has 0 spiro atoms. The summed E-state index contributed by atoms with van der Waals surface area (Å²) in [7, 11) is 0. The van der Waals surface area contributed by atoms with Crippen LogP contribution in [0, 0.1) is 0 Å². The van der Waals surface area contributed by atoms with Gasteiger partial charge >= 0.3 is 0 Å². The maximum atomic E-state index is 6.94. The van der Waals surface area contributed by atoms with Gasteiger partial charge in [0.2, 0.25) is 0 Å². The molecular weight excluding hydrogens is 893 g/mol. The molecular formula is C66H46N6O. The second kappa shape index (κ2) is 15.5. The van der Waals surface area contributed by atoms with Crippen molar-refractivity contribution < 1.29 is 4.74 Å². The Labute approximate surface area is 419 Å². The summed E-state index contributed by atoms with van der Waals surface area (Å²) < 4.78 is 16.5. The molecule has 0 radical (unpaired) electrons. The monoisotopic (exact) mass is 938 g/mol. The zero-order valence-corrected chi connectivity index (χ0v) is 40.5. The first-order chi connectivity index (χ1) is 35.9. The van der Waals surface area contributed by atoms with Crippen LogP contribution in [0.3, 0.4) is 0 Å². The number of imidazole rings is 1. The molecule has 6 heterocycles. The Hall–Kier alpha value is -9.46. The van der Waals surface area contributed by atoms with Crippen molar-refractivity contribution in [2.45, 2.75) is 26.2 Å². The Morgan fingerprint density at radius 2 is 0.932 bits per heavy atom. The van der Waals surface area contributed by atoms with Crippen LogP contribution in [0.25, 0.3) is 121 Å². The van der Waals surface area contributed by atoms with Gasteiger partial charge in [0.05, 0.1) is 55.2 Å². The quantitative estimate of drug-likeness (QED) is 0.173. The summed E-state index contributed by atoms with van der Waals surface area (Å²) in [6.45, 7) is 6.72. The molecule has 7 nitrogen and oxygen atoms in total. The Balaban J connectivity index is 1.03. The molecule has 0 aliphatic rings. The average Bonchev–Trinajstić information content (AvgIpc) is 4.18. The molecule has 15 rings (SSSR count). The molecule has 0 bridgehead atoms. The van der Waals surface area contributed by atoms with Gasteiger partial charge in [-0.1, -0.05) is 154 Å². The van der Waals surface area contributed by atoms with Crippen LogP contribution >= 0.6 is 0 Å². The highest BCUT2D eigenvalue weighted by atomic mass is 16.5. The molecule has 346 valence electrons. The Morgan fingerprint density at radius 3 is 1.67 bits per heavy atom. The minimum Gasteiger partial charge on any atom is -0.457 e. The van der Waals surface area contributed by atoms with Gasteiger partial charge in [-0.05, 0) is 89.8 Å². The lowest BCUT2D eigenvalue weighted by molar-refractivity contribution is 0.483. The normalized spacial score (nSPS) is 12.3. The summed E-state index contributed by atoms with van der Waals surface area (Å²) in [6, 6.07) is 78.3. The summed E-state index contributed by atoms with van der Waals surface area (Å²) in [4.78, 5) is 10.8. The Morgan fingerprint density at radius 1 is 0.384 bits per heavy atom. The number of pyridine rings is 1. The second-order valence-electron chi connectivity index (χ2n) is 20.2. The van der Waals surface area contributed by atoms with E-state index in [4.69, 9.17) is 14.7 Å². The van der Waals surface area contributed by atoms with Crippen LogP contribution in [0.5, 0.6) is 11.5 Å². The van der Waals surface area contributed by atoms with E-state index in [1.165, 1.54) is 32.5 Å². The van der Waals surface area contributed by atoms with Gasteiger partial charge < -0.3 is 13.5 Å². The van der Waals surface area contributed by atoms with Crippen molar-refractivity contribution in [3.63, 3.8) is 0 Å². The van der Waals surface area contributed by atoms with Crippen molar-refractivity contribution in [2.24, 2.45) is 0 Å². The number of hydrogen-bond acceptors (Lipinski definition) is 3. The molecule has 0 unspecified atom stereocenters. The molecule has 9 aromatic carbocycles. The molecule has 0 saturated heterocycles. The zero-order valence-electron chi connectivity index (χ0n) is 40.5. The summed E-state index contributed by atoms with van der Waals surface area (Å²) >= 11 is 0. The van der Waals surface area contributed by atoms with Crippen molar-refractivity contribution in [1.29, 1.82) is 0 Å². The second-order valence-corrected chi connectivity index (χ2v) is 20.2. The van der Waals surface area contributed by atoms with E-state index in [9.17, 15) is 0 Å². The molecule has 7 heteroatoms. The van der Waals surface area contributed by atoms with Gasteiger partial charge in [0, 0.05) is 66.6 Å². The average molecular weight is 939 g/mol. The molecule has 0 amide bonds. The van der Waals surface area contributed by atoms with Gasteiger partial charge in [-0.3, -0.25) is 9.13 Å². The third-order valence-electron chi connectivity index (χ3n) is 15.0. The lowest BCUT2D eigenvalue weighted by Crippen LogP contribution is -2.12. The van der Waals surface area contributed by atoms with Gasteiger partial charge in [0.25, 0.3) is 0 Å². The number of fused-ring (bicyclic) bond motifs is 15. The van der Waals surface area contributed by atoms with Crippen molar-refractivity contribution in [1.82, 2.24) is 27.9 Å². The molecule has 0 saturated carbocycles. The van der Waals surface area contributed by atoms with E-state index in [0.717, 1.165) is 100.0 Å². The third kappa shape index (κ3) is 6.12. The van der Waals surface area contributed by atoms with E-state index in [1.54, 1.807) is 0 Å². The molecule has 15 aromatic rings. The summed E-state index contributed by atoms with van der Waals surface area (Å²) in [6.07, 6.45) is 1.92. The first-order valence-corrected chi connectivity index (χ1v) is 25.0. The molecule has 0 fully saturated rings. The standard InChI is InChI=1S/C66H46N6O/c1-66(2,3)42-36-37-67-60(39-42)70-54-29-11-7-22-46(54)49-35-34-45(40-59(49)70)73-44-21-15-18-41(38-44)65-68-61-52-25-10-14-32-57(52)71-55-30-12-9-24-48(55)51-27-17-33-58(63(51)71)72-56-31-13-8-23-47(56)50-26-16-28-53(62(50)72)64(61)69(65)43-19-5-4-6-20-43/h4-40H,1-3H3. The summed E-state index contributed by atoms with van der Waals surface area (Å²) in [5, 5.41) is 9.20. The maximum absolute atomic E-state index is 6.94. The minimum atomic E-state index is -0.0337. The van der Waals surface area contributed by atoms with Crippen LogP contribution in [-0.4, -0.2) is 27.9 Å². The van der Waals surface area contributed by atoms with Crippen LogP contribution in [0.1, 0.15) is 26.3 Å². The number of ether oxygens (including phenoxy) is 1. The predicted octanol–water partition coefficient (Wildman–Crippen LogP) is 17.1. The van der Waals surface area contributed by atoms with E-state index >= 15 is 0 Å². The predicted molar refractivity (Wildman–Crippen MR) is 302 cm³/mol. The summed E-state index contributed by atoms with van der Waals surface area (Å²) in [5.74, 6) is 3.11. The number of para-hydroxylation sites is 7. The SMILES string of the molecule is CC(C)(C)c1ccnc(-n2c3ccccc3c3ccc(Oc4cccc(-c5nc6c7ccccc7n7c8ccccc8c8cccc(c87)n7c8ccccc8c8cccc(c6n5-c5ccccc5)c87)c4)cc32)c1. The number of hydrogen-bond donors (Lipinski definition) is 0. The molecule has 0 aliphatic carbocycles. The van der Waals surface area contributed by atoms with Crippen molar-refractivity contribution >= 4 is 98.3 Å². The van der Waals surface area contributed by atoms with E-state index in [2.05, 4.69) is 251 Å². The van der Waals surface area contributed by atoms with Crippen LogP contribution < -0.4 is 4.74 Å². The molecule has 0 aliphatic heterocycles. The minimum absolute atomic E-state index is 0.0337. The molecule has 0 N–H and O–H groups in total. The third-order valence-corrected chi connectivity index (χ3v) is 15.0. The van der Waals surface area contributed by atoms with E-state index in [0.29, 0.717) is 5.75 Å². The first-order valence-electron chi connectivity index (χ1n) is 25.0. The van der Waals surface area contributed by atoms with Crippen molar-refractivity contribution in [2.75, 3.05) is 0 Å². The highest BCUT2D eigenvalue weighted by Gasteiger charge is 2.24. The fourth-order valence-corrected chi connectivity index (χ4v) is 11.7. The maximum Gasteiger partial charge on any atom is 0.145 e. The van der Waals surface area contributed by atoms with Gasteiger partial charge in [-0.25, -0.2) is 9.97 Å². The van der Waals surface area contributed by atoms with Crippen LogP contribution in [-0.2, 0) is 5.41 Å². The number of benzene rings is 9. The number of nitrogens with zero attached hydrogens (tertiary/aromatic N) is 6. The summed E-state index contributed by atoms with van der Waals surface area (Å²) in [5.41, 5.74) is 13.9. The van der Waals surface area contributed by atoms with Gasteiger partial charge in [0.1, 0.15) is 23.1 Å². The molecule has 0 atom stereocenters. The van der Waals surface area contributed by atoms with Crippen LogP contribution in [0.15, 0.2) is 225 Å². The fourth-order valence-electron chi connectivity index (χ4n) is 11.7. The largest absolute Gasteiger partial charge is 0.457 e. The lowest BCUT2D eigenvalue weighted by atomic mass is 9.88.